The number of hydrogen-bond donors (Lipinski definition) is 1. The molecule has 0 saturated heterocycles. The SMILES string of the molecule is COc1ccc(CCN(C)CCCNC(=O)CC=Cc2ccc(-n3ccnc3C)cc2)cc1OC. The molecule has 0 aliphatic heterocycles. The smallest absolute Gasteiger partial charge is 0.223 e. The van der Waals surface area contributed by atoms with E-state index in [1.54, 1.807) is 20.4 Å². The normalized spacial score (nSPS) is 11.2. The third kappa shape index (κ3) is 8.00. The molecule has 0 bridgehead atoms. The molecule has 0 fully saturated rings. The van der Waals surface area contributed by atoms with E-state index >= 15 is 0 Å². The minimum absolute atomic E-state index is 0.0416. The summed E-state index contributed by atoms with van der Waals surface area (Å²) in [5, 5.41) is 3.00. The number of methoxy groups -OCH3 is 2. The van der Waals surface area contributed by atoms with Gasteiger partial charge in [0.15, 0.2) is 11.5 Å². The first kappa shape index (κ1) is 26.0. The van der Waals surface area contributed by atoms with E-state index in [0.29, 0.717) is 13.0 Å². The molecule has 0 saturated carbocycles. The zero-order valence-corrected chi connectivity index (χ0v) is 21.2. The van der Waals surface area contributed by atoms with Crippen LogP contribution in [0.5, 0.6) is 11.5 Å². The van der Waals surface area contributed by atoms with E-state index < -0.39 is 0 Å². The van der Waals surface area contributed by atoms with Gasteiger partial charge in [-0.25, -0.2) is 4.98 Å². The number of hydrogen-bond acceptors (Lipinski definition) is 5. The van der Waals surface area contributed by atoms with Crippen molar-refractivity contribution >= 4 is 12.0 Å². The number of likely N-dealkylation sites (N-methyl/N-ethyl adjacent to an activating group) is 1. The molecule has 3 aromatic rings. The van der Waals surface area contributed by atoms with Gasteiger partial charge in [-0.15, -0.1) is 0 Å². The zero-order valence-electron chi connectivity index (χ0n) is 21.2. The van der Waals surface area contributed by atoms with E-state index in [9.17, 15) is 4.79 Å². The van der Waals surface area contributed by atoms with Gasteiger partial charge in [0.05, 0.1) is 14.2 Å². The lowest BCUT2D eigenvalue weighted by Crippen LogP contribution is -2.28. The summed E-state index contributed by atoms with van der Waals surface area (Å²) in [7, 11) is 5.40. The number of nitrogens with one attached hydrogen (secondary N) is 1. The van der Waals surface area contributed by atoms with Gasteiger partial charge in [0, 0.05) is 37.6 Å². The van der Waals surface area contributed by atoms with Crippen LogP contribution in [0.4, 0.5) is 0 Å². The van der Waals surface area contributed by atoms with Crippen molar-refractivity contribution < 1.29 is 14.3 Å². The average molecular weight is 477 g/mol. The van der Waals surface area contributed by atoms with Crippen LogP contribution in [-0.4, -0.2) is 61.3 Å². The standard InChI is InChI=1S/C28H36N4O3/c1-22-29-17-20-32(22)25-12-9-23(10-13-25)7-5-8-28(33)30-16-6-18-31(2)19-15-24-11-14-26(34-3)27(21-24)35-4/h5,7,9-14,17,20-21H,6,8,15-16,18-19H2,1-4H3,(H,30,33). The first-order valence-corrected chi connectivity index (χ1v) is 11.9. The number of aryl methyl sites for hydroxylation is 1. The molecular weight excluding hydrogens is 440 g/mol. The lowest BCUT2D eigenvalue weighted by atomic mass is 10.1. The summed E-state index contributed by atoms with van der Waals surface area (Å²) in [5.74, 6) is 2.49. The van der Waals surface area contributed by atoms with E-state index in [2.05, 4.69) is 40.4 Å². The first-order chi connectivity index (χ1) is 17.0. The van der Waals surface area contributed by atoms with E-state index in [0.717, 1.165) is 54.5 Å². The maximum atomic E-state index is 12.1. The molecule has 0 aliphatic carbocycles. The molecule has 3 rings (SSSR count). The number of carbonyl (C=O) groups is 1. The molecule has 7 nitrogen and oxygen atoms in total. The van der Waals surface area contributed by atoms with E-state index in [-0.39, 0.29) is 5.91 Å². The molecule has 0 aliphatic rings. The zero-order chi connectivity index (χ0) is 25.0. The van der Waals surface area contributed by atoms with Gasteiger partial charge in [0.25, 0.3) is 0 Å². The summed E-state index contributed by atoms with van der Waals surface area (Å²) < 4.78 is 12.7. The van der Waals surface area contributed by atoms with Crippen LogP contribution >= 0.6 is 0 Å². The molecule has 0 radical (unpaired) electrons. The minimum atomic E-state index is 0.0416. The fraction of sp³-hybridized carbons (Fsp3) is 0.357. The highest BCUT2D eigenvalue weighted by atomic mass is 16.5. The molecule has 1 N–H and O–H groups in total. The van der Waals surface area contributed by atoms with Crippen LogP contribution in [0.1, 0.15) is 29.8 Å². The van der Waals surface area contributed by atoms with Crippen LogP contribution in [-0.2, 0) is 11.2 Å². The Morgan fingerprint density at radius 1 is 1.09 bits per heavy atom. The summed E-state index contributed by atoms with van der Waals surface area (Å²) in [6.45, 7) is 4.51. The van der Waals surface area contributed by atoms with Gasteiger partial charge >= 0.3 is 0 Å². The van der Waals surface area contributed by atoms with Crippen molar-refractivity contribution in [1.29, 1.82) is 0 Å². The lowest BCUT2D eigenvalue weighted by molar-refractivity contribution is -0.120. The molecule has 7 heteroatoms. The second-order valence-corrected chi connectivity index (χ2v) is 8.49. The Kier molecular flexibility index (Phi) is 9.93. The van der Waals surface area contributed by atoms with E-state index in [1.807, 2.05) is 54.1 Å². The van der Waals surface area contributed by atoms with Crippen molar-refractivity contribution in [1.82, 2.24) is 19.8 Å². The van der Waals surface area contributed by atoms with Crippen molar-refractivity contribution in [2.45, 2.75) is 26.2 Å². The molecule has 0 spiro atoms. The monoisotopic (exact) mass is 476 g/mol. The Labute approximate surface area is 208 Å². The topological polar surface area (TPSA) is 68.6 Å². The summed E-state index contributed by atoms with van der Waals surface area (Å²) in [6, 6.07) is 14.2. The number of imidazole rings is 1. The maximum absolute atomic E-state index is 12.1. The fourth-order valence-corrected chi connectivity index (χ4v) is 3.82. The lowest BCUT2D eigenvalue weighted by Gasteiger charge is -2.17. The maximum Gasteiger partial charge on any atom is 0.223 e. The number of benzene rings is 2. The second-order valence-electron chi connectivity index (χ2n) is 8.49. The van der Waals surface area contributed by atoms with Crippen LogP contribution in [0.2, 0.25) is 0 Å². The van der Waals surface area contributed by atoms with Gasteiger partial charge in [-0.05, 0) is 68.8 Å². The first-order valence-electron chi connectivity index (χ1n) is 11.9. The summed E-state index contributed by atoms with van der Waals surface area (Å²) >= 11 is 0. The number of aromatic nitrogens is 2. The molecule has 0 unspecified atom stereocenters. The molecule has 35 heavy (non-hydrogen) atoms. The van der Waals surface area contributed by atoms with Crippen LogP contribution in [0.25, 0.3) is 11.8 Å². The van der Waals surface area contributed by atoms with Gasteiger partial charge in [0.1, 0.15) is 5.82 Å². The number of nitrogens with zero attached hydrogens (tertiary/aromatic N) is 3. The Morgan fingerprint density at radius 3 is 2.54 bits per heavy atom. The summed E-state index contributed by atoms with van der Waals surface area (Å²) in [5.41, 5.74) is 3.35. The summed E-state index contributed by atoms with van der Waals surface area (Å²) in [6.07, 6.45) is 9.83. The number of carbonyl (C=O) groups excluding carboxylic acids is 1. The van der Waals surface area contributed by atoms with Gasteiger partial charge in [-0.1, -0.05) is 30.4 Å². The molecule has 1 amide bonds. The van der Waals surface area contributed by atoms with Crippen molar-refractivity contribution in [2.24, 2.45) is 0 Å². The Bertz CT molecular complexity index is 1110. The van der Waals surface area contributed by atoms with Crippen LogP contribution in [0.3, 0.4) is 0 Å². The number of ether oxygens (including phenoxy) is 2. The highest BCUT2D eigenvalue weighted by Gasteiger charge is 2.06. The van der Waals surface area contributed by atoms with Gasteiger partial charge in [0.2, 0.25) is 5.91 Å². The summed E-state index contributed by atoms with van der Waals surface area (Å²) in [4.78, 5) is 18.7. The fourth-order valence-electron chi connectivity index (χ4n) is 3.82. The van der Waals surface area contributed by atoms with Crippen molar-refractivity contribution in [3.05, 3.63) is 77.9 Å². The molecule has 2 aromatic carbocycles. The molecule has 0 atom stereocenters. The Balaban J connectivity index is 1.31. The number of rotatable bonds is 13. The predicted molar refractivity (Wildman–Crippen MR) is 140 cm³/mol. The quantitative estimate of drug-likeness (QED) is 0.373. The predicted octanol–water partition coefficient (Wildman–Crippen LogP) is 4.28. The van der Waals surface area contributed by atoms with Crippen LogP contribution < -0.4 is 14.8 Å². The van der Waals surface area contributed by atoms with Crippen molar-refractivity contribution in [3.8, 4) is 17.2 Å². The highest BCUT2D eigenvalue weighted by molar-refractivity contribution is 5.78. The largest absolute Gasteiger partial charge is 0.493 e. The Morgan fingerprint density at radius 2 is 1.86 bits per heavy atom. The number of amides is 1. The van der Waals surface area contributed by atoms with Gasteiger partial charge in [-0.3, -0.25) is 4.79 Å². The van der Waals surface area contributed by atoms with Gasteiger partial charge in [-0.2, -0.15) is 0 Å². The minimum Gasteiger partial charge on any atom is -0.493 e. The Hall–Kier alpha value is -3.58. The second kappa shape index (κ2) is 13.3. The van der Waals surface area contributed by atoms with E-state index in [4.69, 9.17) is 9.47 Å². The van der Waals surface area contributed by atoms with Crippen molar-refractivity contribution in [2.75, 3.05) is 40.9 Å². The molecule has 186 valence electrons. The average Bonchev–Trinajstić information content (AvgIpc) is 3.31. The third-order valence-electron chi connectivity index (χ3n) is 5.88. The van der Waals surface area contributed by atoms with Crippen molar-refractivity contribution in [3.63, 3.8) is 0 Å². The molecule has 1 heterocycles. The molecular formula is C28H36N4O3. The third-order valence-corrected chi connectivity index (χ3v) is 5.88. The van der Waals surface area contributed by atoms with Crippen LogP contribution in [0.15, 0.2) is 60.9 Å². The highest BCUT2D eigenvalue weighted by Crippen LogP contribution is 2.27. The molecule has 1 aromatic heterocycles. The van der Waals surface area contributed by atoms with Gasteiger partial charge < -0.3 is 24.3 Å². The van der Waals surface area contributed by atoms with Crippen LogP contribution in [0, 0.1) is 6.92 Å². The van der Waals surface area contributed by atoms with E-state index in [1.165, 1.54) is 5.56 Å².